The number of H-pyrrole nitrogens is 1. The minimum absolute atomic E-state index is 0.0245. The number of nitrogens with one attached hydrogen (secondary N) is 1. The smallest absolute Gasteiger partial charge is 0.394 e. The Balaban J connectivity index is 1.89. The van der Waals surface area contributed by atoms with Crippen molar-refractivity contribution in [2.75, 3.05) is 0 Å². The molecule has 0 saturated heterocycles. The second-order valence-corrected chi connectivity index (χ2v) is 7.30. The van der Waals surface area contributed by atoms with Crippen molar-refractivity contribution < 1.29 is 35.9 Å². The van der Waals surface area contributed by atoms with Gasteiger partial charge in [0.05, 0.1) is 16.6 Å². The number of carbonyl (C=O) groups is 1. The first-order chi connectivity index (χ1) is 16.0. The maximum Gasteiger partial charge on any atom is 0.394 e. The third kappa shape index (κ3) is 4.02. The van der Waals surface area contributed by atoms with Crippen molar-refractivity contribution in [2.45, 2.75) is 13.0 Å². The SMILES string of the molecule is C=CC(=O)c1cccc2[nH]c(-c3c(F)c(F)c(-c4cccc(OC(C)(F)F)c4)c(F)c3F)nc12. The Morgan fingerprint density at radius 1 is 1.00 bits per heavy atom. The van der Waals surface area contributed by atoms with Gasteiger partial charge in [0.25, 0.3) is 0 Å². The Bertz CT molecular complexity index is 1430. The van der Waals surface area contributed by atoms with Gasteiger partial charge in [0, 0.05) is 12.5 Å². The van der Waals surface area contributed by atoms with Gasteiger partial charge in [0.1, 0.15) is 17.1 Å². The molecule has 0 spiro atoms. The molecule has 4 aromatic rings. The summed E-state index contributed by atoms with van der Waals surface area (Å²) in [6, 6.07) is 8.47. The number of ketones is 1. The average Bonchev–Trinajstić information content (AvgIpc) is 3.20. The van der Waals surface area contributed by atoms with E-state index in [2.05, 4.69) is 21.3 Å². The fourth-order valence-electron chi connectivity index (χ4n) is 3.47. The zero-order valence-corrected chi connectivity index (χ0v) is 17.4. The molecule has 0 fully saturated rings. The van der Waals surface area contributed by atoms with E-state index in [9.17, 15) is 22.4 Å². The lowest BCUT2D eigenvalue weighted by Crippen LogP contribution is -2.19. The number of ether oxygens (including phenoxy) is 1. The molecule has 0 unspecified atom stereocenters. The molecule has 1 N–H and O–H groups in total. The van der Waals surface area contributed by atoms with E-state index in [-0.39, 0.29) is 16.6 Å². The molecule has 3 aromatic carbocycles. The Hall–Kier alpha value is -4.08. The maximum absolute atomic E-state index is 15.0. The largest absolute Gasteiger partial charge is 0.433 e. The normalized spacial score (nSPS) is 11.6. The fourth-order valence-corrected chi connectivity index (χ4v) is 3.47. The van der Waals surface area contributed by atoms with Crippen molar-refractivity contribution in [2.24, 2.45) is 0 Å². The fraction of sp³-hybridized carbons (Fsp3) is 0.0833. The second-order valence-electron chi connectivity index (χ2n) is 7.30. The van der Waals surface area contributed by atoms with Gasteiger partial charge >= 0.3 is 6.11 Å². The van der Waals surface area contributed by atoms with E-state index >= 15 is 8.78 Å². The Morgan fingerprint density at radius 3 is 2.24 bits per heavy atom. The van der Waals surface area contributed by atoms with E-state index in [0.717, 1.165) is 30.3 Å². The van der Waals surface area contributed by atoms with Gasteiger partial charge in [-0.1, -0.05) is 24.8 Å². The van der Waals surface area contributed by atoms with E-state index in [1.165, 1.54) is 18.2 Å². The van der Waals surface area contributed by atoms with Gasteiger partial charge in [-0.2, -0.15) is 8.78 Å². The van der Waals surface area contributed by atoms with Crippen LogP contribution in [-0.4, -0.2) is 21.9 Å². The van der Waals surface area contributed by atoms with Crippen LogP contribution >= 0.6 is 0 Å². The monoisotopic (exact) mass is 476 g/mol. The number of hydrogen-bond donors (Lipinski definition) is 1. The Morgan fingerprint density at radius 2 is 1.62 bits per heavy atom. The highest BCUT2D eigenvalue weighted by Gasteiger charge is 2.30. The Labute approximate surface area is 188 Å². The number of rotatable bonds is 6. The number of carbonyl (C=O) groups excluding carboxylic acids is 1. The van der Waals surface area contributed by atoms with Crippen LogP contribution in [0.1, 0.15) is 17.3 Å². The summed E-state index contributed by atoms with van der Waals surface area (Å²) in [5.41, 5.74) is -2.38. The van der Waals surface area contributed by atoms with Gasteiger partial charge < -0.3 is 9.72 Å². The van der Waals surface area contributed by atoms with Crippen LogP contribution in [-0.2, 0) is 0 Å². The zero-order valence-electron chi connectivity index (χ0n) is 17.4. The van der Waals surface area contributed by atoms with Crippen LogP contribution in [0.25, 0.3) is 33.5 Å². The standard InChI is InChI=1S/C24H14F6N2O2/c1-3-15(33)13-8-5-9-14-22(13)32-23(31-14)17-20(27)18(25)16(19(26)21(17)28)11-6-4-7-12(10-11)34-24(2,29)30/h3-10H,1H2,2H3,(H,31,32). The first kappa shape index (κ1) is 23.1. The van der Waals surface area contributed by atoms with E-state index in [1.54, 1.807) is 0 Å². The lowest BCUT2D eigenvalue weighted by molar-refractivity contribution is -0.158. The lowest BCUT2D eigenvalue weighted by atomic mass is 10.0. The highest BCUT2D eigenvalue weighted by atomic mass is 19.3. The van der Waals surface area contributed by atoms with Crippen LogP contribution in [0, 0.1) is 23.3 Å². The number of hydrogen-bond acceptors (Lipinski definition) is 3. The number of nitrogens with zero attached hydrogens (tertiary/aromatic N) is 1. The second kappa shape index (κ2) is 8.36. The minimum Gasteiger partial charge on any atom is -0.433 e. The molecule has 0 aliphatic heterocycles. The van der Waals surface area contributed by atoms with Crippen molar-refractivity contribution >= 4 is 16.8 Å². The van der Waals surface area contributed by atoms with Crippen molar-refractivity contribution in [1.29, 1.82) is 0 Å². The summed E-state index contributed by atoms with van der Waals surface area (Å²) >= 11 is 0. The minimum atomic E-state index is -3.59. The van der Waals surface area contributed by atoms with E-state index in [4.69, 9.17) is 0 Å². The number of aromatic amines is 1. The molecule has 174 valence electrons. The topological polar surface area (TPSA) is 55.0 Å². The van der Waals surface area contributed by atoms with Crippen LogP contribution in [0.2, 0.25) is 0 Å². The molecule has 4 rings (SSSR count). The zero-order chi connectivity index (χ0) is 24.8. The summed E-state index contributed by atoms with van der Waals surface area (Å²) in [5, 5.41) is 0. The molecule has 0 saturated carbocycles. The number of aromatic nitrogens is 2. The maximum atomic E-state index is 15.0. The first-order valence-electron chi connectivity index (χ1n) is 9.71. The quantitative estimate of drug-likeness (QED) is 0.144. The molecule has 4 nitrogen and oxygen atoms in total. The van der Waals surface area contributed by atoms with Crippen LogP contribution in [0.15, 0.2) is 55.1 Å². The summed E-state index contributed by atoms with van der Waals surface area (Å²) in [6.07, 6.45) is -2.58. The summed E-state index contributed by atoms with van der Waals surface area (Å²) in [5.74, 6) is -8.61. The summed E-state index contributed by atoms with van der Waals surface area (Å²) in [7, 11) is 0. The van der Waals surface area contributed by atoms with Crippen molar-refractivity contribution in [3.63, 3.8) is 0 Å². The van der Waals surface area contributed by atoms with Crippen LogP contribution in [0.3, 0.4) is 0 Å². The molecule has 0 aliphatic rings. The van der Waals surface area contributed by atoms with E-state index in [0.29, 0.717) is 6.92 Å². The molecule has 34 heavy (non-hydrogen) atoms. The van der Waals surface area contributed by atoms with Gasteiger partial charge in [-0.05, 0) is 35.9 Å². The molecule has 0 aliphatic carbocycles. The molecular weight excluding hydrogens is 462 g/mol. The molecule has 10 heteroatoms. The molecule has 1 heterocycles. The highest BCUT2D eigenvalue weighted by molar-refractivity contribution is 6.12. The summed E-state index contributed by atoms with van der Waals surface area (Å²) < 4.78 is 90.6. The number of benzene rings is 3. The van der Waals surface area contributed by atoms with Gasteiger partial charge in [0.15, 0.2) is 29.1 Å². The number of imidazole rings is 1. The highest BCUT2D eigenvalue weighted by Crippen LogP contribution is 2.38. The van der Waals surface area contributed by atoms with Crippen LogP contribution < -0.4 is 4.74 Å². The van der Waals surface area contributed by atoms with Crippen molar-refractivity contribution in [3.8, 4) is 28.3 Å². The molecule has 0 atom stereocenters. The van der Waals surface area contributed by atoms with Crippen molar-refractivity contribution in [3.05, 3.63) is 84.0 Å². The van der Waals surface area contributed by atoms with E-state index < -0.39 is 63.4 Å². The number of para-hydroxylation sites is 1. The molecule has 1 aromatic heterocycles. The predicted octanol–water partition coefficient (Wildman–Crippen LogP) is 6.81. The average molecular weight is 476 g/mol. The Kier molecular flexibility index (Phi) is 5.68. The number of allylic oxidation sites excluding steroid dienone is 1. The molecule has 0 amide bonds. The number of alkyl halides is 2. The van der Waals surface area contributed by atoms with E-state index in [1.807, 2.05) is 0 Å². The van der Waals surface area contributed by atoms with Crippen molar-refractivity contribution in [1.82, 2.24) is 9.97 Å². The molecule has 0 bridgehead atoms. The van der Waals surface area contributed by atoms with Crippen LogP contribution in [0.5, 0.6) is 5.75 Å². The van der Waals surface area contributed by atoms with Gasteiger partial charge in [0.2, 0.25) is 0 Å². The third-order valence-corrected chi connectivity index (χ3v) is 4.88. The molecular formula is C24H14F6N2O2. The predicted molar refractivity (Wildman–Crippen MR) is 113 cm³/mol. The first-order valence-corrected chi connectivity index (χ1v) is 9.71. The van der Waals surface area contributed by atoms with Gasteiger partial charge in [-0.15, -0.1) is 0 Å². The summed E-state index contributed by atoms with van der Waals surface area (Å²) in [6.45, 7) is 3.82. The lowest BCUT2D eigenvalue weighted by Gasteiger charge is -2.15. The number of halogens is 6. The van der Waals surface area contributed by atoms with Crippen LogP contribution in [0.4, 0.5) is 26.3 Å². The summed E-state index contributed by atoms with van der Waals surface area (Å²) in [4.78, 5) is 18.6. The third-order valence-electron chi connectivity index (χ3n) is 4.88. The molecule has 0 radical (unpaired) electrons. The van der Waals surface area contributed by atoms with Gasteiger partial charge in [-0.3, -0.25) is 4.79 Å². The van der Waals surface area contributed by atoms with Gasteiger partial charge in [-0.25, -0.2) is 22.5 Å². The number of fused-ring (bicyclic) bond motifs is 1.